The Labute approximate surface area is 120 Å². The number of benzene rings is 1. The summed E-state index contributed by atoms with van der Waals surface area (Å²) in [5.74, 6) is -1.73. The molecular formula is C14H18F3NO3. The number of ether oxygens (including phenoxy) is 1. The molecule has 0 heterocycles. The molecule has 2 N–H and O–H groups in total. The number of halogens is 3. The predicted octanol–water partition coefficient (Wildman–Crippen LogP) is 2.82. The summed E-state index contributed by atoms with van der Waals surface area (Å²) >= 11 is 0. The van der Waals surface area contributed by atoms with E-state index >= 15 is 0 Å². The van der Waals surface area contributed by atoms with Crippen LogP contribution in [0.15, 0.2) is 24.3 Å². The number of aliphatic hydroxyl groups is 1. The second kappa shape index (κ2) is 6.34. The largest absolute Gasteiger partial charge is 0.463 e. The smallest absolute Gasteiger partial charge is 0.432 e. The number of carbonyl (C=O) groups excluding carboxylic acids is 1. The fourth-order valence-corrected chi connectivity index (χ4v) is 1.77. The molecule has 0 spiro atoms. The van der Waals surface area contributed by atoms with Gasteiger partial charge in [-0.2, -0.15) is 13.2 Å². The lowest BCUT2D eigenvalue weighted by Gasteiger charge is -2.28. The van der Waals surface area contributed by atoms with E-state index < -0.39 is 23.3 Å². The summed E-state index contributed by atoms with van der Waals surface area (Å²) in [5, 5.41) is 12.9. The van der Waals surface area contributed by atoms with Crippen molar-refractivity contribution in [3.05, 3.63) is 29.8 Å². The topological polar surface area (TPSA) is 58.6 Å². The Hall–Kier alpha value is -1.76. The van der Waals surface area contributed by atoms with Crippen molar-refractivity contribution in [2.45, 2.75) is 38.6 Å². The van der Waals surface area contributed by atoms with Gasteiger partial charge in [0.15, 0.2) is 0 Å². The quantitative estimate of drug-likeness (QED) is 0.821. The molecule has 1 unspecified atom stereocenters. The van der Waals surface area contributed by atoms with Crippen LogP contribution in [0.4, 0.5) is 18.9 Å². The molecule has 0 saturated carbocycles. The Balaban J connectivity index is 3.19. The van der Waals surface area contributed by atoms with Gasteiger partial charge in [-0.3, -0.25) is 0 Å². The van der Waals surface area contributed by atoms with Crippen molar-refractivity contribution in [2.24, 2.45) is 0 Å². The van der Waals surface area contributed by atoms with Gasteiger partial charge in [0.2, 0.25) is 0 Å². The van der Waals surface area contributed by atoms with E-state index in [9.17, 15) is 23.1 Å². The van der Waals surface area contributed by atoms with E-state index in [0.717, 1.165) is 12.1 Å². The van der Waals surface area contributed by atoms with Gasteiger partial charge in [-0.1, -0.05) is 12.1 Å². The highest BCUT2D eigenvalue weighted by atomic mass is 19.4. The van der Waals surface area contributed by atoms with Crippen LogP contribution in [0.5, 0.6) is 0 Å². The molecule has 1 aromatic rings. The maximum Gasteiger partial charge on any atom is 0.432 e. The Kier molecular flexibility index (Phi) is 5.22. The molecule has 0 amide bonds. The normalized spacial score (nSPS) is 14.7. The summed E-state index contributed by atoms with van der Waals surface area (Å²) < 4.78 is 43.7. The van der Waals surface area contributed by atoms with Gasteiger partial charge in [-0.25, -0.2) is 4.79 Å². The number of anilines is 1. The fourth-order valence-electron chi connectivity index (χ4n) is 1.77. The van der Waals surface area contributed by atoms with Crippen LogP contribution in [0.3, 0.4) is 0 Å². The number of hydrogen-bond donors (Lipinski definition) is 2. The SMILES string of the molecule is CCOC(=O)C(O)(c1ccc(NC(C)C)cc1)C(F)(F)F. The van der Waals surface area contributed by atoms with Gasteiger partial charge in [-0.05, 0) is 32.9 Å². The number of hydrogen-bond acceptors (Lipinski definition) is 4. The highest BCUT2D eigenvalue weighted by molar-refractivity contribution is 5.82. The Bertz CT molecular complexity index is 485. The number of nitrogens with one attached hydrogen (secondary N) is 1. The van der Waals surface area contributed by atoms with Gasteiger partial charge >= 0.3 is 12.1 Å². The second-order valence-electron chi connectivity index (χ2n) is 4.81. The summed E-state index contributed by atoms with van der Waals surface area (Å²) in [6.45, 7) is 4.85. The fraction of sp³-hybridized carbons (Fsp3) is 0.500. The predicted molar refractivity (Wildman–Crippen MR) is 71.8 cm³/mol. The first-order valence-electron chi connectivity index (χ1n) is 6.46. The van der Waals surface area contributed by atoms with Crippen LogP contribution in [0, 0.1) is 0 Å². The summed E-state index contributed by atoms with van der Waals surface area (Å²) in [7, 11) is 0. The van der Waals surface area contributed by atoms with Gasteiger partial charge < -0.3 is 15.2 Å². The lowest BCUT2D eigenvalue weighted by molar-refractivity contribution is -0.267. The molecule has 118 valence electrons. The molecule has 0 aliphatic heterocycles. The summed E-state index contributed by atoms with van der Waals surface area (Å²) in [6.07, 6.45) is -5.17. The standard InChI is InChI=1S/C14H18F3NO3/c1-4-21-12(19)13(20,14(15,16)17)10-5-7-11(8-6-10)18-9(2)3/h5-9,18,20H,4H2,1-3H3. The minimum absolute atomic E-state index is 0.0995. The van der Waals surface area contributed by atoms with E-state index in [-0.39, 0.29) is 12.6 Å². The molecule has 0 aromatic heterocycles. The van der Waals surface area contributed by atoms with Crippen molar-refractivity contribution in [3.63, 3.8) is 0 Å². The molecule has 7 heteroatoms. The first kappa shape index (κ1) is 17.3. The van der Waals surface area contributed by atoms with Gasteiger partial charge in [0.25, 0.3) is 5.60 Å². The second-order valence-corrected chi connectivity index (χ2v) is 4.81. The molecule has 4 nitrogen and oxygen atoms in total. The average molecular weight is 305 g/mol. The number of alkyl halides is 3. The molecule has 1 aromatic carbocycles. The van der Waals surface area contributed by atoms with Gasteiger partial charge in [0.05, 0.1) is 6.61 Å². The number of esters is 1. The van der Waals surface area contributed by atoms with Crippen LogP contribution >= 0.6 is 0 Å². The number of rotatable bonds is 5. The highest BCUT2D eigenvalue weighted by Gasteiger charge is 2.62. The van der Waals surface area contributed by atoms with Crippen molar-refractivity contribution in [3.8, 4) is 0 Å². The minimum Gasteiger partial charge on any atom is -0.463 e. The van der Waals surface area contributed by atoms with E-state index in [1.807, 2.05) is 13.8 Å². The molecule has 0 radical (unpaired) electrons. The average Bonchev–Trinajstić information content (AvgIpc) is 2.36. The zero-order valence-corrected chi connectivity index (χ0v) is 12.0. The molecule has 0 saturated heterocycles. The Morgan fingerprint density at radius 3 is 2.19 bits per heavy atom. The van der Waals surface area contributed by atoms with Crippen molar-refractivity contribution < 1.29 is 27.8 Å². The number of carbonyl (C=O) groups is 1. The molecular weight excluding hydrogens is 287 g/mol. The molecule has 21 heavy (non-hydrogen) atoms. The summed E-state index contributed by atoms with van der Waals surface area (Å²) in [5.41, 5.74) is -3.66. The third-order valence-corrected chi connectivity index (χ3v) is 2.74. The summed E-state index contributed by atoms with van der Waals surface area (Å²) in [6, 6.07) is 4.93. The maximum atomic E-state index is 13.1. The maximum absolute atomic E-state index is 13.1. The lowest BCUT2D eigenvalue weighted by Crippen LogP contribution is -2.50. The minimum atomic E-state index is -5.17. The van der Waals surface area contributed by atoms with Crippen LogP contribution in [0.2, 0.25) is 0 Å². The van der Waals surface area contributed by atoms with Crippen LogP contribution < -0.4 is 5.32 Å². The van der Waals surface area contributed by atoms with Crippen molar-refractivity contribution in [2.75, 3.05) is 11.9 Å². The third-order valence-electron chi connectivity index (χ3n) is 2.74. The van der Waals surface area contributed by atoms with Crippen molar-refractivity contribution in [1.29, 1.82) is 0 Å². The van der Waals surface area contributed by atoms with Crippen LogP contribution in [-0.2, 0) is 15.1 Å². The molecule has 0 aliphatic carbocycles. The van der Waals surface area contributed by atoms with E-state index in [0.29, 0.717) is 5.69 Å². The third kappa shape index (κ3) is 3.66. The zero-order chi connectivity index (χ0) is 16.3. The first-order chi connectivity index (χ1) is 9.62. The molecule has 1 rings (SSSR count). The summed E-state index contributed by atoms with van der Waals surface area (Å²) in [4.78, 5) is 11.6. The van der Waals surface area contributed by atoms with Gasteiger partial charge in [0.1, 0.15) is 0 Å². The highest BCUT2D eigenvalue weighted by Crippen LogP contribution is 2.40. The monoisotopic (exact) mass is 305 g/mol. The van der Waals surface area contributed by atoms with E-state index in [2.05, 4.69) is 10.1 Å². The lowest BCUT2D eigenvalue weighted by atomic mass is 9.93. The van der Waals surface area contributed by atoms with Crippen molar-refractivity contribution >= 4 is 11.7 Å². The first-order valence-corrected chi connectivity index (χ1v) is 6.46. The van der Waals surface area contributed by atoms with Crippen LogP contribution in [0.1, 0.15) is 26.3 Å². The van der Waals surface area contributed by atoms with E-state index in [1.54, 1.807) is 0 Å². The van der Waals surface area contributed by atoms with Gasteiger partial charge in [-0.15, -0.1) is 0 Å². The van der Waals surface area contributed by atoms with Crippen LogP contribution in [0.25, 0.3) is 0 Å². The van der Waals surface area contributed by atoms with Crippen LogP contribution in [-0.4, -0.2) is 29.9 Å². The molecule has 0 fully saturated rings. The van der Waals surface area contributed by atoms with Crippen molar-refractivity contribution in [1.82, 2.24) is 0 Å². The Morgan fingerprint density at radius 2 is 1.81 bits per heavy atom. The van der Waals surface area contributed by atoms with E-state index in [4.69, 9.17) is 0 Å². The zero-order valence-electron chi connectivity index (χ0n) is 12.0. The molecule has 0 aliphatic rings. The van der Waals surface area contributed by atoms with E-state index in [1.165, 1.54) is 19.1 Å². The van der Waals surface area contributed by atoms with Gasteiger partial charge in [0, 0.05) is 17.3 Å². The Morgan fingerprint density at radius 1 is 1.29 bits per heavy atom. The molecule has 0 bridgehead atoms. The molecule has 1 atom stereocenters.